The summed E-state index contributed by atoms with van der Waals surface area (Å²) in [6.45, 7) is 6.55. The Bertz CT molecular complexity index is 484. The van der Waals surface area contributed by atoms with Crippen LogP contribution < -0.4 is 10.6 Å². The Balaban J connectivity index is 2.58. The first-order chi connectivity index (χ1) is 9.41. The molecule has 1 rings (SSSR count). The molecule has 2 amide bonds. The van der Waals surface area contributed by atoms with Crippen molar-refractivity contribution in [2.24, 2.45) is 5.92 Å². The summed E-state index contributed by atoms with van der Waals surface area (Å²) in [7, 11) is 0. The monoisotopic (exact) mass is 278 g/mol. The Labute approximate surface area is 119 Å². The zero-order valence-corrected chi connectivity index (χ0v) is 12.2. The molecule has 0 atom stereocenters. The fourth-order valence-electron chi connectivity index (χ4n) is 1.93. The second-order valence-electron chi connectivity index (χ2n) is 5.22. The topological polar surface area (TPSA) is 78.4 Å². The number of carboxylic acids is 1. The third-order valence-corrected chi connectivity index (χ3v) is 2.98. The summed E-state index contributed by atoms with van der Waals surface area (Å²) in [4.78, 5) is 22.9. The molecule has 0 spiro atoms. The summed E-state index contributed by atoms with van der Waals surface area (Å²) < 4.78 is 0. The van der Waals surface area contributed by atoms with E-state index in [-0.39, 0.29) is 11.6 Å². The van der Waals surface area contributed by atoms with Crippen LogP contribution in [0.4, 0.5) is 10.5 Å². The van der Waals surface area contributed by atoms with Gasteiger partial charge in [0.25, 0.3) is 0 Å². The summed E-state index contributed by atoms with van der Waals surface area (Å²) in [6.07, 6.45) is 1.95. The van der Waals surface area contributed by atoms with Crippen LogP contribution in [0.2, 0.25) is 0 Å². The molecule has 0 fully saturated rings. The molecule has 0 radical (unpaired) electrons. The van der Waals surface area contributed by atoms with Gasteiger partial charge in [-0.1, -0.05) is 26.0 Å². The number of urea groups is 1. The van der Waals surface area contributed by atoms with Gasteiger partial charge in [0, 0.05) is 6.54 Å². The van der Waals surface area contributed by atoms with E-state index in [1.807, 2.05) is 0 Å². The van der Waals surface area contributed by atoms with Crippen molar-refractivity contribution in [2.75, 3.05) is 11.9 Å². The third kappa shape index (κ3) is 4.91. The number of carboxylic acid groups (broad SMARTS) is 1. The number of carbonyl (C=O) groups excluding carboxylic acids is 1. The van der Waals surface area contributed by atoms with Gasteiger partial charge in [0.2, 0.25) is 0 Å². The lowest BCUT2D eigenvalue weighted by molar-refractivity contribution is 0.0697. The van der Waals surface area contributed by atoms with E-state index in [2.05, 4.69) is 24.5 Å². The van der Waals surface area contributed by atoms with Crippen molar-refractivity contribution in [3.05, 3.63) is 29.3 Å². The summed E-state index contributed by atoms with van der Waals surface area (Å²) >= 11 is 0. The smallest absolute Gasteiger partial charge is 0.338 e. The minimum absolute atomic E-state index is 0.129. The molecular formula is C15H22N2O3. The molecule has 5 heteroatoms. The molecule has 0 aliphatic heterocycles. The van der Waals surface area contributed by atoms with Gasteiger partial charge >= 0.3 is 12.0 Å². The second-order valence-corrected chi connectivity index (χ2v) is 5.22. The van der Waals surface area contributed by atoms with Crippen LogP contribution >= 0.6 is 0 Å². The van der Waals surface area contributed by atoms with Crippen molar-refractivity contribution in [3.63, 3.8) is 0 Å². The normalized spacial score (nSPS) is 10.4. The number of benzene rings is 1. The summed E-state index contributed by atoms with van der Waals surface area (Å²) in [6, 6.07) is 4.64. The number of hydrogen-bond acceptors (Lipinski definition) is 2. The maximum atomic E-state index is 11.7. The van der Waals surface area contributed by atoms with Gasteiger partial charge in [0.1, 0.15) is 0 Å². The van der Waals surface area contributed by atoms with E-state index in [9.17, 15) is 9.59 Å². The number of rotatable bonds is 6. The zero-order chi connectivity index (χ0) is 15.1. The van der Waals surface area contributed by atoms with Gasteiger partial charge in [-0.15, -0.1) is 0 Å². The number of hydrogen-bond donors (Lipinski definition) is 3. The lowest BCUT2D eigenvalue weighted by Gasteiger charge is -2.12. The van der Waals surface area contributed by atoms with E-state index in [0.717, 1.165) is 12.8 Å². The first-order valence-corrected chi connectivity index (χ1v) is 6.79. The second kappa shape index (κ2) is 7.53. The van der Waals surface area contributed by atoms with Crippen LogP contribution in [0.5, 0.6) is 0 Å². The predicted octanol–water partition coefficient (Wildman–Crippen LogP) is 3.25. The standard InChI is InChI=1S/C15H22N2O3/c1-10(2)6-5-9-16-15(20)17-12-8-4-7-11(3)13(12)14(18)19/h4,7-8,10H,5-6,9H2,1-3H3,(H,18,19)(H2,16,17,20). The molecule has 0 aliphatic rings. The van der Waals surface area contributed by atoms with Crippen molar-refractivity contribution in [1.82, 2.24) is 5.32 Å². The Morgan fingerprint density at radius 1 is 1.30 bits per heavy atom. The quantitative estimate of drug-likeness (QED) is 0.699. The Hall–Kier alpha value is -2.04. The van der Waals surface area contributed by atoms with Crippen LogP contribution in [0.15, 0.2) is 18.2 Å². The molecule has 5 nitrogen and oxygen atoms in total. The molecule has 0 aliphatic carbocycles. The Morgan fingerprint density at radius 2 is 2.00 bits per heavy atom. The highest BCUT2D eigenvalue weighted by atomic mass is 16.4. The zero-order valence-electron chi connectivity index (χ0n) is 12.2. The van der Waals surface area contributed by atoms with E-state index in [1.54, 1.807) is 25.1 Å². The van der Waals surface area contributed by atoms with Gasteiger partial charge in [0.15, 0.2) is 0 Å². The van der Waals surface area contributed by atoms with Gasteiger partial charge < -0.3 is 15.7 Å². The van der Waals surface area contributed by atoms with Gasteiger partial charge in [-0.25, -0.2) is 9.59 Å². The number of aryl methyl sites for hydroxylation is 1. The van der Waals surface area contributed by atoms with Crippen molar-refractivity contribution in [2.45, 2.75) is 33.6 Å². The maximum absolute atomic E-state index is 11.7. The van der Waals surface area contributed by atoms with Gasteiger partial charge in [0.05, 0.1) is 11.3 Å². The van der Waals surface area contributed by atoms with Crippen LogP contribution in [0.25, 0.3) is 0 Å². The number of amides is 2. The molecule has 0 aromatic heterocycles. The van der Waals surface area contributed by atoms with Gasteiger partial charge in [-0.05, 0) is 37.3 Å². The number of anilines is 1. The first kappa shape index (κ1) is 16.0. The molecule has 0 bridgehead atoms. The summed E-state index contributed by atoms with van der Waals surface area (Å²) in [5.74, 6) is -0.437. The van der Waals surface area contributed by atoms with Crippen LogP contribution in [0.1, 0.15) is 42.6 Å². The van der Waals surface area contributed by atoms with Crippen molar-refractivity contribution < 1.29 is 14.7 Å². The predicted molar refractivity (Wildman–Crippen MR) is 79.2 cm³/mol. The highest BCUT2D eigenvalue weighted by Gasteiger charge is 2.14. The molecule has 0 heterocycles. The molecule has 0 saturated heterocycles. The van der Waals surface area contributed by atoms with E-state index < -0.39 is 5.97 Å². The molecule has 110 valence electrons. The molecule has 3 N–H and O–H groups in total. The van der Waals surface area contributed by atoms with Gasteiger partial charge in [-0.3, -0.25) is 0 Å². The molecular weight excluding hydrogens is 256 g/mol. The van der Waals surface area contributed by atoms with Crippen molar-refractivity contribution in [3.8, 4) is 0 Å². The summed E-state index contributed by atoms with van der Waals surface area (Å²) in [5.41, 5.74) is 1.07. The lowest BCUT2D eigenvalue weighted by Crippen LogP contribution is -2.30. The minimum atomic E-state index is -1.04. The van der Waals surface area contributed by atoms with Crippen molar-refractivity contribution in [1.29, 1.82) is 0 Å². The molecule has 20 heavy (non-hydrogen) atoms. The number of nitrogens with one attached hydrogen (secondary N) is 2. The minimum Gasteiger partial charge on any atom is -0.478 e. The molecule has 1 aromatic rings. The van der Waals surface area contributed by atoms with E-state index in [0.29, 0.717) is 23.7 Å². The van der Waals surface area contributed by atoms with Crippen LogP contribution in [-0.4, -0.2) is 23.7 Å². The fourth-order valence-corrected chi connectivity index (χ4v) is 1.93. The molecule has 0 saturated carbocycles. The van der Waals surface area contributed by atoms with E-state index in [4.69, 9.17) is 5.11 Å². The van der Waals surface area contributed by atoms with Crippen LogP contribution in [0, 0.1) is 12.8 Å². The van der Waals surface area contributed by atoms with Gasteiger partial charge in [-0.2, -0.15) is 0 Å². The van der Waals surface area contributed by atoms with E-state index >= 15 is 0 Å². The lowest BCUT2D eigenvalue weighted by atomic mass is 10.1. The van der Waals surface area contributed by atoms with Crippen LogP contribution in [-0.2, 0) is 0 Å². The highest BCUT2D eigenvalue weighted by molar-refractivity contribution is 6.01. The average Bonchev–Trinajstić information content (AvgIpc) is 2.34. The highest BCUT2D eigenvalue weighted by Crippen LogP contribution is 2.19. The summed E-state index contributed by atoms with van der Waals surface area (Å²) in [5, 5.41) is 14.5. The van der Waals surface area contributed by atoms with Crippen LogP contribution in [0.3, 0.4) is 0 Å². The largest absolute Gasteiger partial charge is 0.478 e. The SMILES string of the molecule is Cc1cccc(NC(=O)NCCCC(C)C)c1C(=O)O. The van der Waals surface area contributed by atoms with E-state index in [1.165, 1.54) is 0 Å². The molecule has 1 aromatic carbocycles. The number of aromatic carboxylic acids is 1. The Kier molecular flexibility index (Phi) is 6.03. The average molecular weight is 278 g/mol. The fraction of sp³-hybridized carbons (Fsp3) is 0.467. The number of carbonyl (C=O) groups is 2. The molecule has 0 unspecified atom stereocenters. The third-order valence-electron chi connectivity index (χ3n) is 2.98. The Morgan fingerprint density at radius 3 is 2.60 bits per heavy atom. The first-order valence-electron chi connectivity index (χ1n) is 6.79. The van der Waals surface area contributed by atoms with Crippen molar-refractivity contribution >= 4 is 17.7 Å². The maximum Gasteiger partial charge on any atom is 0.338 e.